The quantitative estimate of drug-likeness (QED) is 0.366. The second-order valence-electron chi connectivity index (χ2n) is 7.71. The van der Waals surface area contributed by atoms with Crippen LogP contribution in [0.1, 0.15) is 17.0 Å². The number of fused-ring (bicyclic) bond motifs is 1. The summed E-state index contributed by atoms with van der Waals surface area (Å²) in [5.41, 5.74) is 4.51. The fourth-order valence-electron chi connectivity index (χ4n) is 3.82. The van der Waals surface area contributed by atoms with Crippen LogP contribution in [-0.4, -0.2) is 52.4 Å². The standard InChI is InChI=1S/C25H27N5O3S/c1-16-23-17(2)30(19-8-6-5-7-9-19)29-24(23)25(28-27-16)34-15-22(31)26-13-12-18-14-20(32-3)10-11-21(18)33-4/h5-11,14H,12-13,15H2,1-4H3,(H,26,31). The van der Waals surface area contributed by atoms with Crippen molar-refractivity contribution in [2.75, 3.05) is 26.5 Å². The van der Waals surface area contributed by atoms with Crippen molar-refractivity contribution in [3.05, 3.63) is 65.5 Å². The van der Waals surface area contributed by atoms with Gasteiger partial charge in [0.15, 0.2) is 0 Å². The van der Waals surface area contributed by atoms with E-state index in [1.807, 2.05) is 67.1 Å². The van der Waals surface area contributed by atoms with Crippen molar-refractivity contribution >= 4 is 28.6 Å². The van der Waals surface area contributed by atoms with Crippen LogP contribution in [0.2, 0.25) is 0 Å². The molecular weight excluding hydrogens is 450 g/mol. The number of rotatable bonds is 9. The molecule has 0 saturated carbocycles. The fourth-order valence-corrected chi connectivity index (χ4v) is 4.57. The summed E-state index contributed by atoms with van der Waals surface area (Å²) in [5.74, 6) is 1.66. The number of carbonyl (C=O) groups is 1. The maximum absolute atomic E-state index is 12.5. The van der Waals surface area contributed by atoms with E-state index >= 15 is 0 Å². The molecule has 2 aromatic carbocycles. The van der Waals surface area contributed by atoms with Crippen molar-refractivity contribution in [1.82, 2.24) is 25.3 Å². The van der Waals surface area contributed by atoms with Crippen LogP contribution in [0.25, 0.3) is 16.6 Å². The number of thioether (sulfide) groups is 1. The Morgan fingerprint density at radius 1 is 1.06 bits per heavy atom. The zero-order valence-electron chi connectivity index (χ0n) is 19.7. The molecule has 2 aromatic heterocycles. The highest BCUT2D eigenvalue weighted by atomic mass is 32.2. The molecule has 2 heterocycles. The van der Waals surface area contributed by atoms with E-state index in [1.54, 1.807) is 14.2 Å². The Kier molecular flexibility index (Phi) is 7.32. The van der Waals surface area contributed by atoms with Gasteiger partial charge in [0.25, 0.3) is 0 Å². The molecule has 0 spiro atoms. The van der Waals surface area contributed by atoms with E-state index in [0.717, 1.165) is 45.0 Å². The van der Waals surface area contributed by atoms with E-state index in [9.17, 15) is 4.79 Å². The molecule has 0 radical (unpaired) electrons. The molecule has 34 heavy (non-hydrogen) atoms. The summed E-state index contributed by atoms with van der Waals surface area (Å²) in [6, 6.07) is 15.6. The van der Waals surface area contributed by atoms with Crippen LogP contribution in [0.5, 0.6) is 11.5 Å². The Bertz CT molecular complexity index is 1310. The van der Waals surface area contributed by atoms with Gasteiger partial charge < -0.3 is 14.8 Å². The van der Waals surface area contributed by atoms with Crippen molar-refractivity contribution in [2.45, 2.75) is 25.3 Å². The topological polar surface area (TPSA) is 91.2 Å². The molecule has 0 unspecified atom stereocenters. The van der Waals surface area contributed by atoms with E-state index in [-0.39, 0.29) is 11.7 Å². The number of ether oxygens (including phenoxy) is 2. The maximum atomic E-state index is 12.5. The Morgan fingerprint density at radius 3 is 2.59 bits per heavy atom. The number of methoxy groups -OCH3 is 2. The van der Waals surface area contributed by atoms with Crippen LogP contribution in [0.3, 0.4) is 0 Å². The van der Waals surface area contributed by atoms with Gasteiger partial charge in [-0.1, -0.05) is 30.0 Å². The van der Waals surface area contributed by atoms with E-state index in [1.165, 1.54) is 11.8 Å². The first-order valence-corrected chi connectivity index (χ1v) is 11.9. The van der Waals surface area contributed by atoms with Crippen LogP contribution < -0.4 is 14.8 Å². The molecule has 0 fully saturated rings. The summed E-state index contributed by atoms with van der Waals surface area (Å²) >= 11 is 1.34. The first-order chi connectivity index (χ1) is 16.5. The Morgan fingerprint density at radius 2 is 1.85 bits per heavy atom. The van der Waals surface area contributed by atoms with Gasteiger partial charge in [-0.2, -0.15) is 10.2 Å². The van der Waals surface area contributed by atoms with Crippen molar-refractivity contribution in [1.29, 1.82) is 0 Å². The molecule has 1 amide bonds. The molecule has 8 nitrogen and oxygen atoms in total. The molecule has 9 heteroatoms. The Labute approximate surface area is 202 Å². The lowest BCUT2D eigenvalue weighted by molar-refractivity contribution is -0.118. The number of hydrogen-bond donors (Lipinski definition) is 1. The van der Waals surface area contributed by atoms with Gasteiger partial charge in [0.2, 0.25) is 5.91 Å². The highest BCUT2D eigenvalue weighted by molar-refractivity contribution is 8.00. The van der Waals surface area contributed by atoms with E-state index in [4.69, 9.17) is 14.6 Å². The van der Waals surface area contributed by atoms with Gasteiger partial charge in [0.05, 0.1) is 37.0 Å². The van der Waals surface area contributed by atoms with Gasteiger partial charge in [0.1, 0.15) is 22.0 Å². The fraction of sp³-hybridized carbons (Fsp3) is 0.280. The summed E-state index contributed by atoms with van der Waals surface area (Å²) in [7, 11) is 3.25. The largest absolute Gasteiger partial charge is 0.497 e. The number of aryl methyl sites for hydroxylation is 2. The molecule has 1 N–H and O–H groups in total. The van der Waals surface area contributed by atoms with E-state index in [0.29, 0.717) is 18.0 Å². The number of aromatic nitrogens is 4. The van der Waals surface area contributed by atoms with Crippen molar-refractivity contribution in [3.63, 3.8) is 0 Å². The molecular formula is C25H27N5O3S. The van der Waals surface area contributed by atoms with Crippen LogP contribution in [0, 0.1) is 13.8 Å². The van der Waals surface area contributed by atoms with Crippen molar-refractivity contribution in [3.8, 4) is 17.2 Å². The summed E-state index contributed by atoms with van der Waals surface area (Å²) in [6.45, 7) is 4.43. The zero-order chi connectivity index (χ0) is 24.1. The molecule has 0 aliphatic carbocycles. The highest BCUT2D eigenvalue weighted by Crippen LogP contribution is 2.29. The maximum Gasteiger partial charge on any atom is 0.230 e. The summed E-state index contributed by atoms with van der Waals surface area (Å²) in [4.78, 5) is 12.5. The SMILES string of the molecule is COc1ccc(OC)c(CCNC(=O)CSc2nnc(C)c3c(C)n(-c4ccccc4)nc23)c1. The molecule has 0 bridgehead atoms. The van der Waals surface area contributed by atoms with Gasteiger partial charge in [-0.15, -0.1) is 5.10 Å². The molecule has 4 rings (SSSR count). The smallest absolute Gasteiger partial charge is 0.230 e. The third-order valence-electron chi connectivity index (χ3n) is 5.52. The Balaban J connectivity index is 1.43. The zero-order valence-corrected chi connectivity index (χ0v) is 20.5. The van der Waals surface area contributed by atoms with Crippen molar-refractivity contribution in [2.24, 2.45) is 0 Å². The number of benzene rings is 2. The van der Waals surface area contributed by atoms with Gasteiger partial charge in [-0.05, 0) is 56.2 Å². The van der Waals surface area contributed by atoms with Gasteiger partial charge in [-0.3, -0.25) is 4.79 Å². The molecule has 0 saturated heterocycles. The first-order valence-electron chi connectivity index (χ1n) is 10.9. The van der Waals surface area contributed by atoms with Crippen LogP contribution in [0.4, 0.5) is 0 Å². The lowest BCUT2D eigenvalue weighted by Gasteiger charge is -2.11. The number of nitrogens with zero attached hydrogens (tertiary/aromatic N) is 4. The van der Waals surface area contributed by atoms with E-state index in [2.05, 4.69) is 15.5 Å². The predicted molar refractivity (Wildman–Crippen MR) is 133 cm³/mol. The average molecular weight is 478 g/mol. The summed E-state index contributed by atoms with van der Waals surface area (Å²) < 4.78 is 12.6. The molecule has 0 atom stereocenters. The number of hydrogen-bond acceptors (Lipinski definition) is 7. The second kappa shape index (κ2) is 10.6. The normalized spacial score (nSPS) is 10.9. The van der Waals surface area contributed by atoms with Crippen LogP contribution in [-0.2, 0) is 11.2 Å². The summed E-state index contributed by atoms with van der Waals surface area (Å²) in [6.07, 6.45) is 0.631. The van der Waals surface area contributed by atoms with Crippen LogP contribution >= 0.6 is 11.8 Å². The minimum atomic E-state index is -0.0819. The predicted octanol–water partition coefficient (Wildman–Crippen LogP) is 3.90. The molecule has 176 valence electrons. The molecule has 4 aromatic rings. The minimum Gasteiger partial charge on any atom is -0.497 e. The monoisotopic (exact) mass is 477 g/mol. The third-order valence-corrected chi connectivity index (χ3v) is 6.47. The molecule has 0 aliphatic rings. The number of amides is 1. The highest BCUT2D eigenvalue weighted by Gasteiger charge is 2.18. The van der Waals surface area contributed by atoms with Crippen molar-refractivity contribution < 1.29 is 14.3 Å². The Hall–Kier alpha value is -3.59. The van der Waals surface area contributed by atoms with Crippen LogP contribution in [0.15, 0.2) is 53.6 Å². The van der Waals surface area contributed by atoms with Gasteiger partial charge in [0, 0.05) is 11.9 Å². The molecule has 0 aliphatic heterocycles. The number of nitrogens with one attached hydrogen (secondary N) is 1. The second-order valence-corrected chi connectivity index (χ2v) is 8.68. The average Bonchev–Trinajstić information content (AvgIpc) is 3.22. The number of para-hydroxylation sites is 1. The summed E-state index contributed by atoms with van der Waals surface area (Å²) in [5, 5.41) is 18.0. The lowest BCUT2D eigenvalue weighted by Crippen LogP contribution is -2.27. The first kappa shape index (κ1) is 23.6. The number of carbonyl (C=O) groups excluding carboxylic acids is 1. The van der Waals surface area contributed by atoms with E-state index < -0.39 is 0 Å². The lowest BCUT2D eigenvalue weighted by atomic mass is 10.1. The van der Waals surface area contributed by atoms with Gasteiger partial charge in [-0.25, -0.2) is 4.68 Å². The third kappa shape index (κ3) is 4.99. The van der Waals surface area contributed by atoms with Gasteiger partial charge >= 0.3 is 0 Å². The minimum absolute atomic E-state index is 0.0819.